The summed E-state index contributed by atoms with van der Waals surface area (Å²) in [4.78, 5) is 8.75. The van der Waals surface area contributed by atoms with Crippen molar-refractivity contribution in [2.45, 2.75) is 26.4 Å². The molecule has 0 amide bonds. The summed E-state index contributed by atoms with van der Waals surface area (Å²) in [5.74, 6) is 0.688. The molecule has 3 N–H and O–H groups in total. The van der Waals surface area contributed by atoms with Gasteiger partial charge in [0.05, 0.1) is 11.0 Å². The zero-order chi connectivity index (χ0) is 19.2. The highest BCUT2D eigenvalue weighted by Crippen LogP contribution is 2.16. The van der Waals surface area contributed by atoms with Crippen LogP contribution in [0.15, 0.2) is 47.5 Å². The normalized spacial score (nSPS) is 11.3. The van der Waals surface area contributed by atoms with Crippen LogP contribution in [-0.2, 0) is 13.1 Å². The van der Waals surface area contributed by atoms with Crippen LogP contribution < -0.4 is 10.6 Å². The summed E-state index contributed by atoms with van der Waals surface area (Å²) < 4.78 is 15.6. The molecular formula is C20H25FIN5O. The minimum atomic E-state index is -0.625. The number of aromatic hydroxyl groups is 1. The highest BCUT2D eigenvalue weighted by molar-refractivity contribution is 14.0. The first kappa shape index (κ1) is 21.9. The van der Waals surface area contributed by atoms with E-state index < -0.39 is 5.82 Å². The summed E-state index contributed by atoms with van der Waals surface area (Å²) >= 11 is 0. The van der Waals surface area contributed by atoms with Gasteiger partial charge in [0, 0.05) is 26.7 Å². The van der Waals surface area contributed by atoms with Crippen molar-refractivity contribution in [2.24, 2.45) is 4.99 Å². The number of aliphatic imine (C=N–C) groups is 1. The van der Waals surface area contributed by atoms with Crippen molar-refractivity contribution in [2.75, 3.05) is 13.6 Å². The maximum absolute atomic E-state index is 13.4. The maximum Gasteiger partial charge on any atom is 0.191 e. The molecule has 3 aromatic rings. The van der Waals surface area contributed by atoms with Crippen molar-refractivity contribution in [3.05, 3.63) is 59.7 Å². The Labute approximate surface area is 180 Å². The molecule has 6 nitrogen and oxygen atoms in total. The molecule has 1 heterocycles. The van der Waals surface area contributed by atoms with Gasteiger partial charge in [-0.15, -0.1) is 24.0 Å². The van der Waals surface area contributed by atoms with Gasteiger partial charge in [0.25, 0.3) is 0 Å². The molecule has 3 rings (SSSR count). The number of rotatable bonds is 6. The number of para-hydroxylation sites is 2. The van der Waals surface area contributed by atoms with Crippen molar-refractivity contribution < 1.29 is 9.50 Å². The first-order valence-corrected chi connectivity index (χ1v) is 8.92. The van der Waals surface area contributed by atoms with Gasteiger partial charge in [-0.3, -0.25) is 4.99 Å². The van der Waals surface area contributed by atoms with Crippen molar-refractivity contribution in [1.82, 2.24) is 20.2 Å². The van der Waals surface area contributed by atoms with Gasteiger partial charge in [-0.05, 0) is 43.2 Å². The number of benzene rings is 2. The van der Waals surface area contributed by atoms with E-state index in [4.69, 9.17) is 0 Å². The largest absolute Gasteiger partial charge is 0.505 e. The third-order valence-electron chi connectivity index (χ3n) is 4.39. The Morgan fingerprint density at radius 1 is 1.21 bits per heavy atom. The molecule has 0 spiro atoms. The quantitative estimate of drug-likeness (QED) is 0.211. The highest BCUT2D eigenvalue weighted by Gasteiger charge is 2.06. The smallest absolute Gasteiger partial charge is 0.191 e. The van der Waals surface area contributed by atoms with Gasteiger partial charge < -0.3 is 20.3 Å². The molecule has 0 aliphatic heterocycles. The van der Waals surface area contributed by atoms with E-state index in [9.17, 15) is 9.50 Å². The van der Waals surface area contributed by atoms with Crippen LogP contribution >= 0.6 is 24.0 Å². The second-order valence-corrected chi connectivity index (χ2v) is 6.29. The van der Waals surface area contributed by atoms with Crippen LogP contribution in [0, 0.1) is 12.7 Å². The Kier molecular flexibility index (Phi) is 8.04. The van der Waals surface area contributed by atoms with Gasteiger partial charge in [-0.25, -0.2) is 9.37 Å². The first-order valence-electron chi connectivity index (χ1n) is 8.92. The summed E-state index contributed by atoms with van der Waals surface area (Å²) in [5, 5.41) is 15.6. The molecule has 0 fully saturated rings. The zero-order valence-electron chi connectivity index (χ0n) is 15.9. The van der Waals surface area contributed by atoms with Crippen molar-refractivity contribution in [3.63, 3.8) is 0 Å². The highest BCUT2D eigenvalue weighted by atomic mass is 127. The molecular weight excluding hydrogens is 472 g/mol. The number of nitrogens with one attached hydrogen (secondary N) is 2. The average molecular weight is 497 g/mol. The number of aryl methyl sites for hydroxylation is 2. The van der Waals surface area contributed by atoms with Crippen LogP contribution in [-0.4, -0.2) is 34.2 Å². The average Bonchev–Trinajstić information content (AvgIpc) is 2.99. The fraction of sp³-hybridized carbons (Fsp3) is 0.300. The SMILES string of the molecule is CN=C(NCCCn1c(C)nc2ccccc21)NCc1ccc(O)c(F)c1.I. The predicted octanol–water partition coefficient (Wildman–Crippen LogP) is 3.56. The lowest BCUT2D eigenvalue weighted by atomic mass is 10.2. The minimum absolute atomic E-state index is 0. The van der Waals surface area contributed by atoms with E-state index in [2.05, 4.69) is 31.2 Å². The Hall–Kier alpha value is -2.36. The predicted molar refractivity (Wildman–Crippen MR) is 121 cm³/mol. The van der Waals surface area contributed by atoms with Crippen LogP contribution in [0.3, 0.4) is 0 Å². The summed E-state index contributed by atoms with van der Waals surface area (Å²) in [7, 11) is 1.69. The number of guanidine groups is 1. The van der Waals surface area contributed by atoms with Crippen LogP contribution in [0.2, 0.25) is 0 Å². The van der Waals surface area contributed by atoms with Gasteiger partial charge in [0.1, 0.15) is 5.82 Å². The molecule has 0 unspecified atom stereocenters. The maximum atomic E-state index is 13.4. The molecule has 8 heteroatoms. The fourth-order valence-electron chi connectivity index (χ4n) is 2.99. The summed E-state index contributed by atoms with van der Waals surface area (Å²) in [5.41, 5.74) is 2.89. The second kappa shape index (κ2) is 10.3. The number of imidazole rings is 1. The monoisotopic (exact) mass is 497 g/mol. The number of phenolic OH excluding ortho intramolecular Hbond substituents is 1. The molecule has 0 saturated heterocycles. The van der Waals surface area contributed by atoms with Crippen LogP contribution in [0.1, 0.15) is 17.8 Å². The van der Waals surface area contributed by atoms with Crippen molar-refractivity contribution in [3.8, 4) is 5.75 Å². The molecule has 2 aromatic carbocycles. The van der Waals surface area contributed by atoms with Gasteiger partial charge >= 0.3 is 0 Å². The van der Waals surface area contributed by atoms with E-state index in [1.807, 2.05) is 25.1 Å². The molecule has 1 aromatic heterocycles. The minimum Gasteiger partial charge on any atom is -0.505 e. The molecule has 0 bridgehead atoms. The van der Waals surface area contributed by atoms with E-state index in [1.54, 1.807) is 13.1 Å². The Bertz CT molecular complexity index is 957. The molecule has 0 atom stereocenters. The van der Waals surface area contributed by atoms with E-state index in [-0.39, 0.29) is 29.7 Å². The number of phenols is 1. The molecule has 0 saturated carbocycles. The number of aromatic nitrogens is 2. The summed E-state index contributed by atoms with van der Waals surface area (Å²) in [6.45, 7) is 4.04. The number of hydrogen-bond donors (Lipinski definition) is 3. The van der Waals surface area contributed by atoms with Gasteiger partial charge in [0.2, 0.25) is 0 Å². The lowest BCUT2D eigenvalue weighted by molar-refractivity contribution is 0.431. The van der Waals surface area contributed by atoms with E-state index in [0.29, 0.717) is 12.5 Å². The molecule has 0 aliphatic carbocycles. The van der Waals surface area contributed by atoms with Crippen molar-refractivity contribution >= 4 is 41.0 Å². The van der Waals surface area contributed by atoms with E-state index in [0.717, 1.165) is 41.9 Å². The topological polar surface area (TPSA) is 74.5 Å². The van der Waals surface area contributed by atoms with Gasteiger partial charge in [-0.1, -0.05) is 18.2 Å². The number of halogens is 2. The first-order chi connectivity index (χ1) is 13.1. The second-order valence-electron chi connectivity index (χ2n) is 6.29. The fourth-order valence-corrected chi connectivity index (χ4v) is 2.99. The number of nitrogens with zero attached hydrogens (tertiary/aromatic N) is 3. The Morgan fingerprint density at radius 3 is 2.75 bits per heavy atom. The molecule has 0 radical (unpaired) electrons. The zero-order valence-corrected chi connectivity index (χ0v) is 18.3. The molecule has 0 aliphatic rings. The Morgan fingerprint density at radius 2 is 2.00 bits per heavy atom. The molecule has 150 valence electrons. The van der Waals surface area contributed by atoms with Crippen LogP contribution in [0.5, 0.6) is 5.75 Å². The van der Waals surface area contributed by atoms with Crippen LogP contribution in [0.25, 0.3) is 11.0 Å². The van der Waals surface area contributed by atoms with Gasteiger partial charge in [0.15, 0.2) is 17.5 Å². The summed E-state index contributed by atoms with van der Waals surface area (Å²) in [6, 6.07) is 12.5. The molecule has 28 heavy (non-hydrogen) atoms. The van der Waals surface area contributed by atoms with Gasteiger partial charge in [-0.2, -0.15) is 0 Å². The van der Waals surface area contributed by atoms with E-state index >= 15 is 0 Å². The van der Waals surface area contributed by atoms with Crippen molar-refractivity contribution in [1.29, 1.82) is 0 Å². The lowest BCUT2D eigenvalue weighted by Crippen LogP contribution is -2.37. The number of fused-ring (bicyclic) bond motifs is 1. The third-order valence-corrected chi connectivity index (χ3v) is 4.39. The standard InChI is InChI=1S/C20H24FN5O.HI/c1-14-25-17-6-3-4-7-18(17)26(14)11-5-10-23-20(22-2)24-13-15-8-9-19(27)16(21)12-15;/h3-4,6-9,12,27H,5,10-11,13H2,1-2H3,(H2,22,23,24);1H. The summed E-state index contributed by atoms with van der Waals surface area (Å²) in [6.07, 6.45) is 0.912. The number of hydrogen-bond acceptors (Lipinski definition) is 3. The third kappa shape index (κ3) is 5.34. The van der Waals surface area contributed by atoms with E-state index in [1.165, 1.54) is 12.1 Å². The lowest BCUT2D eigenvalue weighted by Gasteiger charge is -2.13. The van der Waals surface area contributed by atoms with Crippen LogP contribution in [0.4, 0.5) is 4.39 Å². The Balaban J connectivity index is 0.00000280.